The van der Waals surface area contributed by atoms with Gasteiger partial charge in [0.15, 0.2) is 0 Å². The van der Waals surface area contributed by atoms with Crippen LogP contribution in [-0.2, 0) is 19.6 Å². The average Bonchev–Trinajstić information content (AvgIpc) is 3.04. The molecule has 10 heteroatoms. The van der Waals surface area contributed by atoms with Crippen molar-refractivity contribution < 1.29 is 27.9 Å². The number of amides is 1. The molecule has 1 atom stereocenters. The molecule has 138 valence electrons. The van der Waals surface area contributed by atoms with Gasteiger partial charge in [0.05, 0.1) is 17.3 Å². The third-order valence-corrected chi connectivity index (χ3v) is 5.57. The Morgan fingerprint density at radius 1 is 1.32 bits per heavy atom. The Bertz CT molecular complexity index is 720. The van der Waals surface area contributed by atoms with Crippen LogP contribution in [-0.4, -0.2) is 61.0 Å². The van der Waals surface area contributed by atoms with Crippen LogP contribution in [0.2, 0.25) is 0 Å². The van der Waals surface area contributed by atoms with Crippen molar-refractivity contribution in [2.24, 2.45) is 5.14 Å². The molecule has 1 fully saturated rings. The second-order valence-corrected chi connectivity index (χ2v) is 8.17. The van der Waals surface area contributed by atoms with Crippen LogP contribution < -0.4 is 9.88 Å². The maximum atomic E-state index is 12.1. The highest BCUT2D eigenvalue weighted by Gasteiger charge is 2.33. The fraction of sp³-hybridized carbons (Fsp3) is 0.467. The Morgan fingerprint density at radius 2 is 2.00 bits per heavy atom. The van der Waals surface area contributed by atoms with Crippen LogP contribution in [0, 0.1) is 0 Å². The number of aliphatic carboxylic acids is 1. The maximum Gasteiger partial charge on any atom is 0.326 e. The molecule has 8 nitrogen and oxygen atoms in total. The summed E-state index contributed by atoms with van der Waals surface area (Å²) in [6, 6.07) is 5.04. The van der Waals surface area contributed by atoms with Crippen molar-refractivity contribution in [1.29, 1.82) is 0 Å². The lowest BCUT2D eigenvalue weighted by molar-refractivity contribution is -0.147. The maximum absolute atomic E-state index is 12.1. The van der Waals surface area contributed by atoms with Gasteiger partial charge in [-0.1, -0.05) is 0 Å². The second-order valence-electron chi connectivity index (χ2n) is 5.50. The minimum Gasteiger partial charge on any atom is -0.493 e. The number of carbonyl (C=O) groups excluding carboxylic acids is 1. The molecule has 2 rings (SSSR count). The van der Waals surface area contributed by atoms with Crippen molar-refractivity contribution in [1.82, 2.24) is 4.90 Å². The van der Waals surface area contributed by atoms with Gasteiger partial charge in [-0.15, -0.1) is 11.8 Å². The quantitative estimate of drug-likeness (QED) is 0.622. The van der Waals surface area contributed by atoms with E-state index in [1.165, 1.54) is 40.9 Å². The van der Waals surface area contributed by atoms with E-state index < -0.39 is 22.0 Å². The molecule has 1 aliphatic rings. The number of nitrogens with two attached hydrogens (primary N) is 1. The van der Waals surface area contributed by atoms with Gasteiger partial charge in [-0.3, -0.25) is 4.79 Å². The first kappa shape index (κ1) is 19.5. The van der Waals surface area contributed by atoms with Crippen molar-refractivity contribution in [2.45, 2.75) is 23.8 Å². The van der Waals surface area contributed by atoms with Gasteiger partial charge in [-0.05, 0) is 37.1 Å². The molecule has 1 amide bonds. The number of ether oxygens (including phenoxy) is 1. The number of nitrogens with zero attached hydrogens (tertiary/aromatic N) is 1. The molecule has 0 aromatic heterocycles. The zero-order valence-corrected chi connectivity index (χ0v) is 15.1. The molecule has 1 aromatic carbocycles. The molecule has 0 bridgehead atoms. The normalized spacial score (nSPS) is 17.5. The summed E-state index contributed by atoms with van der Waals surface area (Å²) in [5.74, 6) is 0.130. The predicted octanol–water partition coefficient (Wildman–Crippen LogP) is 0.522. The summed E-state index contributed by atoms with van der Waals surface area (Å²) in [6.45, 7) is 0.832. The van der Waals surface area contributed by atoms with Crippen LogP contribution in [0.4, 0.5) is 0 Å². The molecule has 1 saturated heterocycles. The van der Waals surface area contributed by atoms with Crippen molar-refractivity contribution in [3.05, 3.63) is 24.3 Å². The monoisotopic (exact) mass is 388 g/mol. The first-order chi connectivity index (χ1) is 11.8. The van der Waals surface area contributed by atoms with E-state index in [1.54, 1.807) is 0 Å². The van der Waals surface area contributed by atoms with E-state index >= 15 is 0 Å². The third-order valence-electron chi connectivity index (χ3n) is 3.73. The molecule has 1 aliphatic heterocycles. The van der Waals surface area contributed by atoms with Crippen molar-refractivity contribution in [2.75, 3.05) is 24.7 Å². The van der Waals surface area contributed by atoms with E-state index in [1.807, 2.05) is 0 Å². The number of hydrogen-bond acceptors (Lipinski definition) is 6. The van der Waals surface area contributed by atoms with Crippen LogP contribution in [0.5, 0.6) is 5.75 Å². The van der Waals surface area contributed by atoms with E-state index in [0.717, 1.165) is 0 Å². The Balaban J connectivity index is 1.69. The third kappa shape index (κ3) is 5.62. The van der Waals surface area contributed by atoms with Gasteiger partial charge in [0, 0.05) is 12.3 Å². The van der Waals surface area contributed by atoms with Gasteiger partial charge >= 0.3 is 5.97 Å². The zero-order valence-electron chi connectivity index (χ0n) is 13.5. The summed E-state index contributed by atoms with van der Waals surface area (Å²) in [5.41, 5.74) is 0. The SMILES string of the molecule is NS(=O)(=O)c1ccc(OCCSCC(=O)N2CCC[C@@H]2C(=O)O)cc1. The van der Waals surface area contributed by atoms with Gasteiger partial charge in [0.1, 0.15) is 11.8 Å². The lowest BCUT2D eigenvalue weighted by atomic mass is 10.2. The van der Waals surface area contributed by atoms with Crippen LogP contribution in [0.1, 0.15) is 12.8 Å². The number of thioether (sulfide) groups is 1. The molecule has 0 radical (unpaired) electrons. The molecule has 0 aliphatic carbocycles. The topological polar surface area (TPSA) is 127 Å². The Kier molecular flexibility index (Phi) is 6.68. The molecule has 0 unspecified atom stereocenters. The Morgan fingerprint density at radius 3 is 2.60 bits per heavy atom. The highest BCUT2D eigenvalue weighted by molar-refractivity contribution is 7.99. The van der Waals surface area contributed by atoms with Crippen LogP contribution in [0.25, 0.3) is 0 Å². The zero-order chi connectivity index (χ0) is 18.4. The lowest BCUT2D eigenvalue weighted by Crippen LogP contribution is -2.41. The number of rotatable bonds is 8. The van der Waals surface area contributed by atoms with E-state index in [2.05, 4.69) is 0 Å². The number of likely N-dealkylation sites (tertiary alicyclic amines) is 1. The standard InChI is InChI=1S/C15H20N2O6S2/c16-25(21,22)12-5-3-11(4-6-12)23-8-9-24-10-14(18)17-7-1-2-13(17)15(19)20/h3-6,13H,1-2,7-10H2,(H,19,20)(H2,16,21,22)/t13-/m1/s1. The number of carboxylic acid groups (broad SMARTS) is 1. The summed E-state index contributed by atoms with van der Waals surface area (Å²) in [6.07, 6.45) is 1.22. The molecular formula is C15H20N2O6S2. The first-order valence-electron chi connectivity index (χ1n) is 7.65. The molecule has 25 heavy (non-hydrogen) atoms. The summed E-state index contributed by atoms with van der Waals surface area (Å²) in [4.78, 5) is 24.6. The number of hydrogen-bond donors (Lipinski definition) is 2. The smallest absolute Gasteiger partial charge is 0.326 e. The molecule has 3 N–H and O–H groups in total. The van der Waals surface area contributed by atoms with E-state index in [-0.39, 0.29) is 16.6 Å². The summed E-state index contributed by atoms with van der Waals surface area (Å²) in [7, 11) is -3.72. The van der Waals surface area contributed by atoms with Crippen LogP contribution in [0.15, 0.2) is 29.2 Å². The number of benzene rings is 1. The highest BCUT2D eigenvalue weighted by Crippen LogP contribution is 2.19. The minimum atomic E-state index is -3.72. The lowest BCUT2D eigenvalue weighted by Gasteiger charge is -2.21. The summed E-state index contributed by atoms with van der Waals surface area (Å²) in [5, 5.41) is 14.1. The summed E-state index contributed by atoms with van der Waals surface area (Å²) >= 11 is 1.36. The minimum absolute atomic E-state index is 0.0124. The molecule has 1 heterocycles. The first-order valence-corrected chi connectivity index (χ1v) is 10.3. The number of carboxylic acids is 1. The molecule has 1 aromatic rings. The van der Waals surface area contributed by atoms with Crippen molar-refractivity contribution >= 4 is 33.7 Å². The number of primary sulfonamides is 1. The van der Waals surface area contributed by atoms with Crippen molar-refractivity contribution in [3.63, 3.8) is 0 Å². The van der Waals surface area contributed by atoms with E-state index in [9.17, 15) is 18.0 Å². The summed E-state index contributed by atoms with van der Waals surface area (Å²) < 4.78 is 27.7. The number of carbonyl (C=O) groups is 2. The second kappa shape index (κ2) is 8.54. The van der Waals surface area contributed by atoms with E-state index in [4.69, 9.17) is 15.0 Å². The average molecular weight is 388 g/mol. The largest absolute Gasteiger partial charge is 0.493 e. The predicted molar refractivity (Wildman–Crippen MR) is 93.0 cm³/mol. The fourth-order valence-corrected chi connectivity index (χ4v) is 3.71. The van der Waals surface area contributed by atoms with Crippen molar-refractivity contribution in [3.8, 4) is 5.75 Å². The number of sulfonamides is 1. The Hall–Kier alpha value is -1.78. The highest BCUT2D eigenvalue weighted by atomic mass is 32.2. The molecule has 0 spiro atoms. The Labute approximate surface area is 150 Å². The van der Waals surface area contributed by atoms with Gasteiger partial charge in [0.25, 0.3) is 0 Å². The van der Waals surface area contributed by atoms with Gasteiger partial charge in [-0.25, -0.2) is 18.4 Å². The van der Waals surface area contributed by atoms with Gasteiger partial charge in [0.2, 0.25) is 15.9 Å². The van der Waals surface area contributed by atoms with Crippen LogP contribution >= 0.6 is 11.8 Å². The van der Waals surface area contributed by atoms with Gasteiger partial charge < -0.3 is 14.7 Å². The fourth-order valence-electron chi connectivity index (χ4n) is 2.51. The van der Waals surface area contributed by atoms with E-state index in [0.29, 0.717) is 37.5 Å². The molecular weight excluding hydrogens is 368 g/mol. The van der Waals surface area contributed by atoms with Crippen LogP contribution in [0.3, 0.4) is 0 Å². The molecule has 0 saturated carbocycles. The van der Waals surface area contributed by atoms with Gasteiger partial charge in [-0.2, -0.15) is 0 Å².